The van der Waals surface area contributed by atoms with E-state index < -0.39 is 0 Å². The summed E-state index contributed by atoms with van der Waals surface area (Å²) in [5, 5.41) is 6.06. The highest BCUT2D eigenvalue weighted by Crippen LogP contribution is 2.27. The lowest BCUT2D eigenvalue weighted by atomic mass is 10.2. The van der Waals surface area contributed by atoms with E-state index >= 15 is 0 Å². The summed E-state index contributed by atoms with van der Waals surface area (Å²) in [6.45, 7) is 3.87. The second-order valence-electron chi connectivity index (χ2n) is 4.31. The van der Waals surface area contributed by atoms with Crippen molar-refractivity contribution in [1.82, 2.24) is 9.97 Å². The van der Waals surface area contributed by atoms with Crippen LogP contribution in [0.15, 0.2) is 22.7 Å². The summed E-state index contributed by atoms with van der Waals surface area (Å²) in [6, 6.07) is 4.74. The van der Waals surface area contributed by atoms with Crippen LogP contribution in [-0.2, 0) is 6.42 Å². The fourth-order valence-corrected chi connectivity index (χ4v) is 2.17. The quantitative estimate of drug-likeness (QED) is 0.883. The van der Waals surface area contributed by atoms with Gasteiger partial charge >= 0.3 is 0 Å². The normalized spacial score (nSPS) is 10.4. The summed E-state index contributed by atoms with van der Waals surface area (Å²) < 4.78 is 14.6. The Kier molecular flexibility index (Phi) is 4.54. The van der Waals surface area contributed by atoms with Crippen molar-refractivity contribution in [3.05, 3.63) is 39.9 Å². The molecule has 106 valence electrons. The number of nitrogens with zero attached hydrogens (tertiary/aromatic N) is 2. The maximum Gasteiger partial charge on any atom is 0.146 e. The largest absolute Gasteiger partial charge is 0.373 e. The lowest BCUT2D eigenvalue weighted by molar-refractivity contribution is 0.631. The van der Waals surface area contributed by atoms with Crippen LogP contribution in [0.4, 0.5) is 21.7 Å². The zero-order chi connectivity index (χ0) is 14.7. The van der Waals surface area contributed by atoms with Crippen molar-refractivity contribution in [2.24, 2.45) is 0 Å². The smallest absolute Gasteiger partial charge is 0.146 e. The molecular formula is C14H16BrFN4. The van der Waals surface area contributed by atoms with E-state index in [4.69, 9.17) is 0 Å². The van der Waals surface area contributed by atoms with E-state index in [0.29, 0.717) is 23.8 Å². The Hall–Kier alpha value is -1.69. The lowest BCUT2D eigenvalue weighted by Crippen LogP contribution is -2.07. The van der Waals surface area contributed by atoms with Gasteiger partial charge < -0.3 is 10.6 Å². The number of rotatable bonds is 4. The first kappa shape index (κ1) is 14.7. The third kappa shape index (κ3) is 3.07. The zero-order valence-corrected chi connectivity index (χ0v) is 13.2. The van der Waals surface area contributed by atoms with Gasteiger partial charge in [0.15, 0.2) is 0 Å². The van der Waals surface area contributed by atoms with E-state index in [1.54, 1.807) is 19.2 Å². The number of halogens is 2. The molecule has 0 saturated heterocycles. The van der Waals surface area contributed by atoms with Crippen LogP contribution < -0.4 is 10.6 Å². The van der Waals surface area contributed by atoms with Gasteiger partial charge in [-0.15, -0.1) is 0 Å². The molecule has 4 nitrogen and oxygen atoms in total. The monoisotopic (exact) mass is 338 g/mol. The van der Waals surface area contributed by atoms with Gasteiger partial charge in [-0.2, -0.15) is 0 Å². The summed E-state index contributed by atoms with van der Waals surface area (Å²) >= 11 is 3.33. The minimum absolute atomic E-state index is 0.324. The molecule has 6 heteroatoms. The number of aromatic nitrogens is 2. The molecule has 2 N–H and O–H groups in total. The first-order valence-electron chi connectivity index (χ1n) is 6.32. The molecule has 0 aliphatic rings. The van der Waals surface area contributed by atoms with Crippen molar-refractivity contribution < 1.29 is 4.39 Å². The predicted molar refractivity (Wildman–Crippen MR) is 83.1 cm³/mol. The van der Waals surface area contributed by atoms with E-state index in [-0.39, 0.29) is 5.82 Å². The Morgan fingerprint density at radius 1 is 1.25 bits per heavy atom. The molecule has 0 saturated carbocycles. The van der Waals surface area contributed by atoms with Crippen LogP contribution in [0.3, 0.4) is 0 Å². The number of benzene rings is 1. The number of nitrogens with one attached hydrogen (secondary N) is 2. The molecule has 0 radical (unpaired) electrons. The van der Waals surface area contributed by atoms with Crippen molar-refractivity contribution in [3.8, 4) is 0 Å². The summed E-state index contributed by atoms with van der Waals surface area (Å²) in [5.41, 5.74) is 1.23. The molecule has 0 unspecified atom stereocenters. The fraction of sp³-hybridized carbons (Fsp3) is 0.286. The van der Waals surface area contributed by atoms with Gasteiger partial charge in [0, 0.05) is 23.5 Å². The molecule has 1 heterocycles. The van der Waals surface area contributed by atoms with Crippen LogP contribution in [0.2, 0.25) is 0 Å². The van der Waals surface area contributed by atoms with E-state index in [2.05, 4.69) is 36.5 Å². The molecule has 1 aromatic carbocycles. The molecule has 0 amide bonds. The van der Waals surface area contributed by atoms with E-state index in [9.17, 15) is 4.39 Å². The molecule has 0 fully saturated rings. The molecule has 0 aliphatic carbocycles. The SMILES string of the molecule is CCc1nc(NC)c(C)c(Nc2cc(Br)ccc2F)n1. The minimum Gasteiger partial charge on any atom is -0.373 e. The second kappa shape index (κ2) is 6.17. The van der Waals surface area contributed by atoms with Crippen molar-refractivity contribution >= 4 is 33.3 Å². The van der Waals surface area contributed by atoms with Gasteiger partial charge in [0.05, 0.1) is 5.69 Å². The van der Waals surface area contributed by atoms with Crippen LogP contribution in [-0.4, -0.2) is 17.0 Å². The topological polar surface area (TPSA) is 49.8 Å². The average Bonchev–Trinajstić information content (AvgIpc) is 2.45. The maximum absolute atomic E-state index is 13.8. The molecule has 0 atom stereocenters. The predicted octanol–water partition coefficient (Wildman–Crippen LogP) is 4.03. The summed E-state index contributed by atoms with van der Waals surface area (Å²) in [7, 11) is 1.80. The molecule has 2 rings (SSSR count). The Labute approximate surface area is 126 Å². The van der Waals surface area contributed by atoms with E-state index in [1.165, 1.54) is 6.07 Å². The van der Waals surface area contributed by atoms with Crippen LogP contribution in [0.1, 0.15) is 18.3 Å². The Morgan fingerprint density at radius 3 is 2.60 bits per heavy atom. The third-order valence-corrected chi connectivity index (χ3v) is 3.42. The van der Waals surface area contributed by atoms with Crippen molar-refractivity contribution in [3.63, 3.8) is 0 Å². The number of hydrogen-bond acceptors (Lipinski definition) is 4. The maximum atomic E-state index is 13.8. The van der Waals surface area contributed by atoms with Gasteiger partial charge in [0.25, 0.3) is 0 Å². The first-order valence-corrected chi connectivity index (χ1v) is 7.11. The Balaban J connectivity index is 2.44. The molecule has 0 spiro atoms. The molecule has 2 aromatic rings. The van der Waals surface area contributed by atoms with Crippen LogP contribution in [0.5, 0.6) is 0 Å². The van der Waals surface area contributed by atoms with Crippen LogP contribution >= 0.6 is 15.9 Å². The summed E-state index contributed by atoms with van der Waals surface area (Å²) in [5.74, 6) is 1.74. The highest BCUT2D eigenvalue weighted by atomic mass is 79.9. The highest BCUT2D eigenvalue weighted by Gasteiger charge is 2.11. The van der Waals surface area contributed by atoms with Crippen LogP contribution in [0, 0.1) is 12.7 Å². The van der Waals surface area contributed by atoms with Crippen molar-refractivity contribution in [2.45, 2.75) is 20.3 Å². The molecule has 0 bridgehead atoms. The Bertz CT molecular complexity index is 631. The Morgan fingerprint density at radius 2 is 1.95 bits per heavy atom. The van der Waals surface area contributed by atoms with Crippen molar-refractivity contribution in [2.75, 3.05) is 17.7 Å². The fourth-order valence-electron chi connectivity index (χ4n) is 1.81. The molecule has 0 aliphatic heterocycles. The molecule has 1 aromatic heterocycles. The number of hydrogen-bond donors (Lipinski definition) is 2. The van der Waals surface area contributed by atoms with Crippen LogP contribution in [0.25, 0.3) is 0 Å². The van der Waals surface area contributed by atoms with E-state index in [1.807, 2.05) is 13.8 Å². The van der Waals surface area contributed by atoms with Gasteiger partial charge in [-0.3, -0.25) is 0 Å². The molecular weight excluding hydrogens is 323 g/mol. The minimum atomic E-state index is -0.324. The van der Waals surface area contributed by atoms with Gasteiger partial charge in [0.1, 0.15) is 23.3 Å². The standard InChI is InChI=1S/C14H16BrFN4/c1-4-12-19-13(17-3)8(2)14(20-12)18-11-7-9(15)5-6-10(11)16/h5-7H,4H2,1-3H3,(H2,17,18,19,20). The van der Waals surface area contributed by atoms with E-state index in [0.717, 1.165) is 15.9 Å². The zero-order valence-electron chi connectivity index (χ0n) is 11.6. The summed E-state index contributed by atoms with van der Waals surface area (Å²) in [4.78, 5) is 8.81. The third-order valence-electron chi connectivity index (χ3n) is 2.93. The summed E-state index contributed by atoms with van der Waals surface area (Å²) in [6.07, 6.45) is 0.713. The molecule has 20 heavy (non-hydrogen) atoms. The van der Waals surface area contributed by atoms with Gasteiger partial charge in [-0.05, 0) is 25.1 Å². The highest BCUT2D eigenvalue weighted by molar-refractivity contribution is 9.10. The number of aryl methyl sites for hydroxylation is 1. The van der Waals surface area contributed by atoms with Gasteiger partial charge in [-0.1, -0.05) is 22.9 Å². The lowest BCUT2D eigenvalue weighted by Gasteiger charge is -2.14. The first-order chi connectivity index (χ1) is 9.55. The van der Waals surface area contributed by atoms with Gasteiger partial charge in [-0.25, -0.2) is 14.4 Å². The van der Waals surface area contributed by atoms with Crippen molar-refractivity contribution in [1.29, 1.82) is 0 Å². The average molecular weight is 339 g/mol. The number of anilines is 3. The van der Waals surface area contributed by atoms with Gasteiger partial charge in [0.2, 0.25) is 0 Å². The second-order valence-corrected chi connectivity index (χ2v) is 5.23.